The van der Waals surface area contributed by atoms with Crippen molar-refractivity contribution in [2.45, 2.75) is 45.4 Å². The molecule has 1 nitrogen and oxygen atoms in total. The van der Waals surface area contributed by atoms with Gasteiger partial charge in [0.2, 0.25) is 6.71 Å². The van der Waals surface area contributed by atoms with Gasteiger partial charge in [-0.1, -0.05) is 180 Å². The van der Waals surface area contributed by atoms with Gasteiger partial charge in [-0.25, -0.2) is 0 Å². The molecule has 3 heterocycles. The molecule has 0 bridgehead atoms. The fourth-order valence-corrected chi connectivity index (χ4v) is 14.1. The summed E-state index contributed by atoms with van der Waals surface area (Å²) in [6.45, 7) is 12.1. The first-order valence-electron chi connectivity index (χ1n) is 16.7. The molecule has 3 heteroatoms. The van der Waals surface area contributed by atoms with Crippen molar-refractivity contribution in [3.8, 4) is 0 Å². The molecule has 0 aliphatic carbocycles. The van der Waals surface area contributed by atoms with Gasteiger partial charge in [0.15, 0.2) is 8.07 Å². The van der Waals surface area contributed by atoms with E-state index in [1.54, 1.807) is 0 Å². The Kier molecular flexibility index (Phi) is 5.70. The smallest absolute Gasteiger partial charge is 0.246 e. The van der Waals surface area contributed by atoms with Crippen LogP contribution >= 0.6 is 0 Å². The topological polar surface area (TPSA) is 3.24 Å². The third-order valence-electron chi connectivity index (χ3n) is 11.1. The summed E-state index contributed by atoms with van der Waals surface area (Å²) in [5, 5.41) is 5.87. The number of hydrogen-bond donors (Lipinski definition) is 0. The lowest BCUT2D eigenvalue weighted by atomic mass is 9.34. The highest BCUT2D eigenvalue weighted by Gasteiger charge is 2.55. The zero-order chi connectivity index (χ0) is 31.4. The van der Waals surface area contributed by atoms with Crippen LogP contribution in [0.3, 0.4) is 0 Å². The average molecular weight is 608 g/mol. The van der Waals surface area contributed by atoms with Crippen LogP contribution in [-0.2, 0) is 10.8 Å². The van der Waals surface area contributed by atoms with Crippen molar-refractivity contribution in [2.75, 3.05) is 4.90 Å². The average Bonchev–Trinajstić information content (AvgIpc) is 3.08. The molecule has 0 N–H and O–H groups in total. The molecule has 6 aromatic carbocycles. The maximum absolute atomic E-state index is 2.73. The third-order valence-corrected chi connectivity index (χ3v) is 15.9. The van der Waals surface area contributed by atoms with Crippen LogP contribution in [0.25, 0.3) is 0 Å². The van der Waals surface area contributed by atoms with E-state index >= 15 is 0 Å². The van der Waals surface area contributed by atoms with Gasteiger partial charge in [-0.3, -0.25) is 0 Å². The lowest BCUT2D eigenvalue weighted by molar-refractivity contribution is 0.581. The second-order valence-corrected chi connectivity index (χ2v) is 18.7. The molecule has 0 aromatic heterocycles. The fourth-order valence-electron chi connectivity index (χ4n) is 8.94. The Hall–Kier alpha value is -4.60. The van der Waals surface area contributed by atoms with Crippen LogP contribution in [0.15, 0.2) is 140 Å². The van der Waals surface area contributed by atoms with Gasteiger partial charge >= 0.3 is 0 Å². The van der Waals surface area contributed by atoms with Crippen LogP contribution in [0, 0.1) is 0 Å². The van der Waals surface area contributed by atoms with Crippen molar-refractivity contribution in [1.82, 2.24) is 0 Å². The zero-order valence-corrected chi connectivity index (χ0v) is 28.3. The molecule has 0 amide bonds. The van der Waals surface area contributed by atoms with Gasteiger partial charge in [-0.05, 0) is 53.8 Å². The molecule has 0 atom stereocenters. The summed E-state index contributed by atoms with van der Waals surface area (Å²) in [7, 11) is -2.73. The van der Waals surface area contributed by atoms with Gasteiger partial charge in [0.1, 0.15) is 0 Å². The molecule has 0 spiro atoms. The Labute approximate surface area is 274 Å². The van der Waals surface area contributed by atoms with Crippen molar-refractivity contribution >= 4 is 69.0 Å². The minimum Gasteiger partial charge on any atom is -0.311 e. The standard InChI is InChI=1S/C43H38BNSi/c1-42(2,3)29-27-34-39-36(28-29)44(30-17-9-6-10-18-30)35-24-16-26-38-41(35)45(39)40-33(43(34,4)5)23-15-25-37(40)46(38,31-19-11-7-12-20-31)32-21-13-8-14-22-32/h6-28H,1-5H3. The molecule has 222 valence electrons. The van der Waals surface area contributed by atoms with E-state index in [0.717, 1.165) is 0 Å². The highest BCUT2D eigenvalue weighted by molar-refractivity contribution is 7.22. The highest BCUT2D eigenvalue weighted by Crippen LogP contribution is 2.54. The predicted molar refractivity (Wildman–Crippen MR) is 200 cm³/mol. The lowest BCUT2D eigenvalue weighted by Crippen LogP contribution is -2.79. The van der Waals surface area contributed by atoms with E-state index in [1.165, 1.54) is 70.9 Å². The van der Waals surface area contributed by atoms with Gasteiger partial charge in [0.05, 0.1) is 5.69 Å². The Morgan fingerprint density at radius 1 is 0.543 bits per heavy atom. The van der Waals surface area contributed by atoms with Gasteiger partial charge in [0, 0.05) is 16.8 Å². The molecular weight excluding hydrogens is 569 g/mol. The summed E-state index contributed by atoms with van der Waals surface area (Å²) in [6.07, 6.45) is 0. The minimum atomic E-state index is -2.73. The van der Waals surface area contributed by atoms with Crippen LogP contribution in [0.4, 0.5) is 17.1 Å². The van der Waals surface area contributed by atoms with Gasteiger partial charge < -0.3 is 4.90 Å². The maximum atomic E-state index is 2.72. The van der Waals surface area contributed by atoms with E-state index < -0.39 is 8.07 Å². The first kappa shape index (κ1) is 27.7. The quantitative estimate of drug-likeness (QED) is 0.236. The predicted octanol–water partition coefficient (Wildman–Crippen LogP) is 5.61. The fraction of sp³-hybridized carbons (Fsp3) is 0.163. The highest BCUT2D eigenvalue weighted by atomic mass is 28.3. The number of nitrogens with zero attached hydrogens (tertiary/aromatic N) is 1. The number of hydrogen-bond acceptors (Lipinski definition) is 1. The Morgan fingerprint density at radius 2 is 1.11 bits per heavy atom. The molecule has 9 rings (SSSR count). The summed E-state index contributed by atoms with van der Waals surface area (Å²) in [5.74, 6) is 0. The van der Waals surface area contributed by atoms with Crippen LogP contribution in [0.5, 0.6) is 0 Å². The van der Waals surface area contributed by atoms with E-state index in [2.05, 4.69) is 179 Å². The molecule has 3 aliphatic heterocycles. The van der Waals surface area contributed by atoms with Crippen LogP contribution in [0.1, 0.15) is 51.3 Å². The van der Waals surface area contributed by atoms with Crippen molar-refractivity contribution in [1.29, 1.82) is 0 Å². The molecule has 3 aliphatic rings. The molecule has 0 fully saturated rings. The summed E-state index contributed by atoms with van der Waals surface area (Å²) in [6, 6.07) is 53.7. The van der Waals surface area contributed by atoms with E-state index in [4.69, 9.17) is 0 Å². The molecule has 46 heavy (non-hydrogen) atoms. The second kappa shape index (κ2) is 9.47. The van der Waals surface area contributed by atoms with Crippen molar-refractivity contribution in [2.24, 2.45) is 0 Å². The molecule has 6 aromatic rings. The van der Waals surface area contributed by atoms with Crippen molar-refractivity contribution < 1.29 is 0 Å². The van der Waals surface area contributed by atoms with Crippen LogP contribution in [-0.4, -0.2) is 14.8 Å². The second-order valence-electron chi connectivity index (χ2n) is 14.9. The Bertz CT molecular complexity index is 2120. The summed E-state index contributed by atoms with van der Waals surface area (Å²) < 4.78 is 0. The lowest BCUT2D eigenvalue weighted by Gasteiger charge is -2.54. The largest absolute Gasteiger partial charge is 0.311 e. The Morgan fingerprint density at radius 3 is 1.72 bits per heavy atom. The number of rotatable bonds is 3. The normalized spacial score (nSPS) is 16.2. The first-order chi connectivity index (χ1) is 22.2. The molecular formula is C43H38BNSi. The number of para-hydroxylation sites is 2. The zero-order valence-electron chi connectivity index (χ0n) is 27.3. The van der Waals surface area contributed by atoms with Crippen LogP contribution < -0.4 is 42.0 Å². The van der Waals surface area contributed by atoms with Gasteiger partial charge in [-0.15, -0.1) is 0 Å². The molecule has 0 radical (unpaired) electrons. The van der Waals surface area contributed by atoms with Crippen molar-refractivity contribution in [3.05, 3.63) is 156 Å². The van der Waals surface area contributed by atoms with E-state index in [0.29, 0.717) is 0 Å². The molecule has 0 saturated carbocycles. The third kappa shape index (κ3) is 3.47. The van der Waals surface area contributed by atoms with Crippen LogP contribution in [0.2, 0.25) is 0 Å². The summed E-state index contributed by atoms with van der Waals surface area (Å²) in [5.41, 5.74) is 12.5. The number of anilines is 3. The van der Waals surface area contributed by atoms with E-state index in [-0.39, 0.29) is 17.5 Å². The monoisotopic (exact) mass is 607 g/mol. The minimum absolute atomic E-state index is 0.0255. The Balaban J connectivity index is 1.52. The summed E-state index contributed by atoms with van der Waals surface area (Å²) >= 11 is 0. The number of benzene rings is 6. The van der Waals surface area contributed by atoms with E-state index in [9.17, 15) is 0 Å². The summed E-state index contributed by atoms with van der Waals surface area (Å²) in [4.78, 5) is 2.72. The maximum Gasteiger partial charge on any atom is 0.246 e. The van der Waals surface area contributed by atoms with Crippen molar-refractivity contribution in [3.63, 3.8) is 0 Å². The van der Waals surface area contributed by atoms with Gasteiger partial charge in [0.25, 0.3) is 0 Å². The molecule has 0 saturated heterocycles. The molecule has 0 unspecified atom stereocenters. The van der Waals surface area contributed by atoms with E-state index in [1.807, 2.05) is 0 Å². The SMILES string of the molecule is CC(C)(C)c1cc2c3c(c1)C(C)(C)c1cccc4c1N3c1c(cccc1[Si]4(c1ccccc1)c1ccccc1)B2c1ccccc1. The first-order valence-corrected chi connectivity index (χ1v) is 18.7. The van der Waals surface area contributed by atoms with Gasteiger partial charge in [-0.2, -0.15) is 0 Å².